The minimum absolute atomic E-state index is 0.188. The number of β-amino-alcohol motifs (C(OH)–C–C–N with tert-alkyl or cyclic N) is 1. The van der Waals surface area contributed by atoms with Gasteiger partial charge in [-0.1, -0.05) is 28.1 Å². The summed E-state index contributed by atoms with van der Waals surface area (Å²) in [6, 6.07) is 8.04. The molecule has 1 aromatic carbocycles. The first-order chi connectivity index (χ1) is 8.93. The fourth-order valence-corrected chi connectivity index (χ4v) is 3.21. The summed E-state index contributed by atoms with van der Waals surface area (Å²) >= 11 is 3.42. The Morgan fingerprint density at radius 2 is 1.89 bits per heavy atom. The van der Waals surface area contributed by atoms with Crippen LogP contribution in [0.4, 0.5) is 0 Å². The van der Waals surface area contributed by atoms with E-state index in [1.165, 1.54) is 0 Å². The molecule has 1 amide bonds. The molecule has 1 heterocycles. The Bertz CT molecular complexity index is 505. The lowest BCUT2D eigenvalue weighted by Gasteiger charge is -2.24. The highest BCUT2D eigenvalue weighted by Crippen LogP contribution is 2.50. The van der Waals surface area contributed by atoms with E-state index < -0.39 is 5.60 Å². The summed E-state index contributed by atoms with van der Waals surface area (Å²) in [6.45, 7) is 2.94. The zero-order chi connectivity index (χ0) is 13.7. The molecule has 4 heteroatoms. The van der Waals surface area contributed by atoms with Crippen LogP contribution in [0.1, 0.15) is 31.7 Å². The van der Waals surface area contributed by atoms with E-state index in [1.54, 1.807) is 6.92 Å². The van der Waals surface area contributed by atoms with Crippen LogP contribution in [0.2, 0.25) is 0 Å². The molecule has 3 nitrogen and oxygen atoms in total. The molecule has 19 heavy (non-hydrogen) atoms. The van der Waals surface area contributed by atoms with Gasteiger partial charge in [-0.25, -0.2) is 0 Å². The van der Waals surface area contributed by atoms with Crippen molar-refractivity contribution in [3.8, 4) is 0 Å². The van der Waals surface area contributed by atoms with Crippen LogP contribution < -0.4 is 0 Å². The lowest BCUT2D eigenvalue weighted by atomic mass is 9.94. The topological polar surface area (TPSA) is 40.5 Å². The van der Waals surface area contributed by atoms with Crippen molar-refractivity contribution < 1.29 is 9.90 Å². The molecule has 1 unspecified atom stereocenters. The number of nitrogens with zero attached hydrogens (tertiary/aromatic N) is 1. The van der Waals surface area contributed by atoms with Crippen molar-refractivity contribution in [3.63, 3.8) is 0 Å². The standard InChI is InChI=1S/C15H18BrNO2/c1-14(19)8-9-17(10-14)13(18)15(6-7-15)11-2-4-12(16)5-3-11/h2-5,19H,6-10H2,1H3. The molecule has 0 radical (unpaired) electrons. The Morgan fingerprint density at radius 1 is 1.26 bits per heavy atom. The highest BCUT2D eigenvalue weighted by Gasteiger charge is 2.54. The Labute approximate surface area is 121 Å². The molecule has 2 fully saturated rings. The molecule has 1 aliphatic heterocycles. The molecule has 1 aliphatic carbocycles. The van der Waals surface area contributed by atoms with Crippen molar-refractivity contribution >= 4 is 21.8 Å². The molecule has 102 valence electrons. The number of carbonyl (C=O) groups is 1. The Hall–Kier alpha value is -0.870. The smallest absolute Gasteiger partial charge is 0.233 e. The summed E-state index contributed by atoms with van der Waals surface area (Å²) < 4.78 is 1.03. The second-order valence-corrected chi connectivity index (χ2v) is 6.98. The zero-order valence-corrected chi connectivity index (χ0v) is 12.6. The number of halogens is 1. The van der Waals surface area contributed by atoms with Gasteiger partial charge in [-0.3, -0.25) is 4.79 Å². The van der Waals surface area contributed by atoms with Crippen molar-refractivity contribution in [2.75, 3.05) is 13.1 Å². The molecule has 1 aromatic rings. The first kappa shape index (κ1) is 13.1. The molecule has 0 aromatic heterocycles. The number of amides is 1. The molecule has 2 aliphatic rings. The maximum atomic E-state index is 12.7. The van der Waals surface area contributed by atoms with E-state index >= 15 is 0 Å². The number of hydrogen-bond donors (Lipinski definition) is 1. The highest BCUT2D eigenvalue weighted by molar-refractivity contribution is 9.10. The lowest BCUT2D eigenvalue weighted by molar-refractivity contribution is -0.133. The summed E-state index contributed by atoms with van der Waals surface area (Å²) in [5.74, 6) is 0.188. The van der Waals surface area contributed by atoms with E-state index in [0.29, 0.717) is 19.5 Å². The maximum Gasteiger partial charge on any atom is 0.233 e. The fourth-order valence-electron chi connectivity index (χ4n) is 2.94. The number of carbonyl (C=O) groups excluding carboxylic acids is 1. The van der Waals surface area contributed by atoms with Crippen molar-refractivity contribution in [1.29, 1.82) is 0 Å². The summed E-state index contributed by atoms with van der Waals surface area (Å²) in [7, 11) is 0. The monoisotopic (exact) mass is 323 g/mol. The minimum atomic E-state index is -0.717. The first-order valence-corrected chi connectivity index (χ1v) is 7.50. The number of hydrogen-bond acceptors (Lipinski definition) is 2. The van der Waals surface area contributed by atoms with E-state index in [-0.39, 0.29) is 11.3 Å². The first-order valence-electron chi connectivity index (χ1n) is 6.71. The number of likely N-dealkylation sites (tertiary alicyclic amines) is 1. The van der Waals surface area contributed by atoms with Gasteiger partial charge >= 0.3 is 0 Å². The molecule has 0 spiro atoms. The van der Waals surface area contributed by atoms with Gasteiger partial charge in [-0.15, -0.1) is 0 Å². The summed E-state index contributed by atoms with van der Waals surface area (Å²) in [6.07, 6.45) is 2.52. The summed E-state index contributed by atoms with van der Waals surface area (Å²) in [5.41, 5.74) is 0.0688. The van der Waals surface area contributed by atoms with Crippen LogP contribution in [0, 0.1) is 0 Å². The van der Waals surface area contributed by atoms with Crippen molar-refractivity contribution in [3.05, 3.63) is 34.3 Å². The molecule has 1 atom stereocenters. The molecule has 1 N–H and O–H groups in total. The van der Waals surface area contributed by atoms with E-state index in [4.69, 9.17) is 0 Å². The Kier molecular flexibility index (Phi) is 2.98. The molecular weight excluding hydrogens is 306 g/mol. The quantitative estimate of drug-likeness (QED) is 0.908. The van der Waals surface area contributed by atoms with Crippen LogP contribution in [-0.2, 0) is 10.2 Å². The number of rotatable bonds is 2. The van der Waals surface area contributed by atoms with Crippen molar-refractivity contribution in [1.82, 2.24) is 4.90 Å². The van der Waals surface area contributed by atoms with Gasteiger partial charge < -0.3 is 10.0 Å². The number of aliphatic hydroxyl groups is 1. The van der Waals surface area contributed by atoms with Crippen LogP contribution >= 0.6 is 15.9 Å². The maximum absolute atomic E-state index is 12.7. The largest absolute Gasteiger partial charge is 0.388 e. The SMILES string of the molecule is CC1(O)CCN(C(=O)C2(c3ccc(Br)cc3)CC2)C1. The number of benzene rings is 1. The van der Waals surface area contributed by atoms with Gasteiger partial charge in [0.1, 0.15) is 0 Å². The predicted octanol–water partition coefficient (Wildman–Crippen LogP) is 2.46. The highest BCUT2D eigenvalue weighted by atomic mass is 79.9. The second kappa shape index (κ2) is 4.32. The third kappa shape index (κ3) is 2.32. The van der Waals surface area contributed by atoms with E-state index in [0.717, 1.165) is 22.9 Å². The predicted molar refractivity (Wildman–Crippen MR) is 76.9 cm³/mol. The lowest BCUT2D eigenvalue weighted by Crippen LogP contribution is -2.40. The third-order valence-corrected chi connectivity index (χ3v) is 4.82. The van der Waals surface area contributed by atoms with Crippen LogP contribution in [0.15, 0.2) is 28.7 Å². The molecular formula is C15H18BrNO2. The normalized spacial score (nSPS) is 28.5. The van der Waals surface area contributed by atoms with Gasteiger partial charge in [0.2, 0.25) is 5.91 Å². The molecule has 0 bridgehead atoms. The van der Waals surface area contributed by atoms with Gasteiger partial charge in [-0.2, -0.15) is 0 Å². The Balaban J connectivity index is 1.82. The van der Waals surface area contributed by atoms with Crippen LogP contribution in [-0.4, -0.2) is 34.6 Å². The third-order valence-electron chi connectivity index (χ3n) is 4.30. The average Bonchev–Trinajstić information content (AvgIpc) is 3.09. The van der Waals surface area contributed by atoms with Crippen LogP contribution in [0.3, 0.4) is 0 Å². The Morgan fingerprint density at radius 3 is 2.37 bits per heavy atom. The van der Waals surface area contributed by atoms with E-state index in [1.807, 2.05) is 29.2 Å². The molecule has 1 saturated carbocycles. The van der Waals surface area contributed by atoms with Gasteiger partial charge in [0.15, 0.2) is 0 Å². The van der Waals surface area contributed by atoms with E-state index in [2.05, 4.69) is 15.9 Å². The van der Waals surface area contributed by atoms with Gasteiger partial charge in [0.05, 0.1) is 11.0 Å². The van der Waals surface area contributed by atoms with Gasteiger partial charge in [0.25, 0.3) is 0 Å². The van der Waals surface area contributed by atoms with Gasteiger partial charge in [-0.05, 0) is 43.9 Å². The average molecular weight is 324 g/mol. The van der Waals surface area contributed by atoms with Crippen molar-refractivity contribution in [2.45, 2.75) is 37.2 Å². The second-order valence-electron chi connectivity index (χ2n) is 6.06. The fraction of sp³-hybridized carbons (Fsp3) is 0.533. The minimum Gasteiger partial charge on any atom is -0.388 e. The van der Waals surface area contributed by atoms with Gasteiger partial charge in [0, 0.05) is 17.6 Å². The molecule has 1 saturated heterocycles. The summed E-state index contributed by atoms with van der Waals surface area (Å²) in [4.78, 5) is 14.5. The zero-order valence-electron chi connectivity index (χ0n) is 11.0. The van der Waals surface area contributed by atoms with Crippen LogP contribution in [0.25, 0.3) is 0 Å². The van der Waals surface area contributed by atoms with Crippen molar-refractivity contribution in [2.24, 2.45) is 0 Å². The van der Waals surface area contributed by atoms with E-state index in [9.17, 15) is 9.90 Å². The van der Waals surface area contributed by atoms with Crippen LogP contribution in [0.5, 0.6) is 0 Å². The molecule has 3 rings (SSSR count). The summed E-state index contributed by atoms with van der Waals surface area (Å²) in [5, 5.41) is 10.0.